The van der Waals surface area contributed by atoms with Gasteiger partial charge in [0.1, 0.15) is 11.4 Å². The Morgan fingerprint density at radius 1 is 1.22 bits per heavy atom. The highest BCUT2D eigenvalue weighted by atomic mass is 16.6. The van der Waals surface area contributed by atoms with Crippen molar-refractivity contribution in [3.63, 3.8) is 0 Å². The summed E-state index contributed by atoms with van der Waals surface area (Å²) in [6, 6.07) is 0.301. The zero-order valence-electron chi connectivity index (χ0n) is 11.6. The number of Topliss-reactive ketones (excluding diaryl/α,β-unsaturated/α-hetero) is 1. The normalized spacial score (nSPS) is 29.3. The molecule has 18 heavy (non-hydrogen) atoms. The SMILES string of the molecule is CN1[C@@H]2CC(=O)C[C@H]1CN(C(=O)OC(C)(C)C)C2. The standard InChI is InChI=1S/C13H22N2O3/c1-13(2,3)18-12(17)15-7-9-5-11(16)6-10(8-15)14(9)4/h9-10H,5-8H2,1-4H3/t9-,10+. The Hall–Kier alpha value is -1.10. The molecule has 2 saturated heterocycles. The maximum absolute atomic E-state index is 12.0. The van der Waals surface area contributed by atoms with Gasteiger partial charge in [-0.2, -0.15) is 0 Å². The second-order valence-corrected chi connectivity index (χ2v) is 6.31. The summed E-state index contributed by atoms with van der Waals surface area (Å²) in [5.74, 6) is 0.312. The molecule has 5 nitrogen and oxygen atoms in total. The van der Waals surface area contributed by atoms with Gasteiger partial charge in [0.2, 0.25) is 0 Å². The van der Waals surface area contributed by atoms with E-state index in [1.54, 1.807) is 4.90 Å². The van der Waals surface area contributed by atoms with Crippen LogP contribution in [0.1, 0.15) is 33.6 Å². The molecule has 0 aromatic heterocycles. The van der Waals surface area contributed by atoms with Crippen molar-refractivity contribution in [2.24, 2.45) is 0 Å². The number of carbonyl (C=O) groups is 2. The second-order valence-electron chi connectivity index (χ2n) is 6.31. The van der Waals surface area contributed by atoms with Gasteiger partial charge in [-0.15, -0.1) is 0 Å². The molecule has 0 aromatic rings. The maximum atomic E-state index is 12.0. The molecule has 0 N–H and O–H groups in total. The molecular formula is C13H22N2O3. The van der Waals surface area contributed by atoms with Crippen molar-refractivity contribution >= 4 is 11.9 Å². The van der Waals surface area contributed by atoms with E-state index in [1.807, 2.05) is 27.8 Å². The van der Waals surface area contributed by atoms with Crippen LogP contribution in [-0.4, -0.2) is 59.5 Å². The largest absolute Gasteiger partial charge is 0.444 e. The smallest absolute Gasteiger partial charge is 0.410 e. The first-order chi connectivity index (χ1) is 8.26. The van der Waals surface area contributed by atoms with Crippen LogP contribution in [-0.2, 0) is 9.53 Å². The molecule has 2 rings (SSSR count). The Bertz CT molecular complexity index is 344. The molecule has 1 amide bonds. The number of ketones is 1. The van der Waals surface area contributed by atoms with Gasteiger partial charge in [0, 0.05) is 38.0 Å². The summed E-state index contributed by atoms with van der Waals surface area (Å²) in [6.45, 7) is 6.78. The van der Waals surface area contributed by atoms with Gasteiger partial charge in [-0.05, 0) is 27.8 Å². The highest BCUT2D eigenvalue weighted by Crippen LogP contribution is 2.26. The Labute approximate surface area is 108 Å². The number of rotatable bonds is 0. The molecule has 0 spiro atoms. The van der Waals surface area contributed by atoms with E-state index in [-0.39, 0.29) is 18.2 Å². The Kier molecular flexibility index (Phi) is 3.36. The van der Waals surface area contributed by atoms with E-state index in [9.17, 15) is 9.59 Å². The third-order valence-electron chi connectivity index (χ3n) is 3.59. The highest BCUT2D eigenvalue weighted by molar-refractivity contribution is 5.81. The van der Waals surface area contributed by atoms with Gasteiger partial charge in [0.15, 0.2) is 0 Å². The lowest BCUT2D eigenvalue weighted by Gasteiger charge is -2.47. The van der Waals surface area contributed by atoms with Crippen LogP contribution >= 0.6 is 0 Å². The van der Waals surface area contributed by atoms with E-state index in [1.165, 1.54) is 0 Å². The predicted molar refractivity (Wildman–Crippen MR) is 67.4 cm³/mol. The molecule has 0 aromatic carbocycles. The van der Waals surface area contributed by atoms with Crippen LogP contribution in [0.25, 0.3) is 0 Å². The number of amides is 1. The van der Waals surface area contributed by atoms with Crippen molar-refractivity contribution in [1.82, 2.24) is 9.80 Å². The minimum atomic E-state index is -0.467. The summed E-state index contributed by atoms with van der Waals surface area (Å²) in [6.07, 6.45) is 0.832. The topological polar surface area (TPSA) is 49.9 Å². The van der Waals surface area contributed by atoms with Crippen molar-refractivity contribution in [2.45, 2.75) is 51.3 Å². The fourth-order valence-corrected chi connectivity index (χ4v) is 2.64. The lowest BCUT2D eigenvalue weighted by molar-refractivity contribution is -0.128. The van der Waals surface area contributed by atoms with Gasteiger partial charge in [0.25, 0.3) is 0 Å². The summed E-state index contributed by atoms with van der Waals surface area (Å²) in [5.41, 5.74) is -0.467. The number of fused-ring (bicyclic) bond motifs is 2. The number of ether oxygens (including phenoxy) is 1. The van der Waals surface area contributed by atoms with Gasteiger partial charge < -0.3 is 9.64 Å². The van der Waals surface area contributed by atoms with Crippen LogP contribution < -0.4 is 0 Å². The first-order valence-electron chi connectivity index (χ1n) is 6.48. The van der Waals surface area contributed by atoms with Crippen LogP contribution in [0.15, 0.2) is 0 Å². The molecule has 0 radical (unpaired) electrons. The van der Waals surface area contributed by atoms with Crippen molar-refractivity contribution in [3.05, 3.63) is 0 Å². The number of likely N-dealkylation sites (N-methyl/N-ethyl adjacent to an activating group) is 1. The lowest BCUT2D eigenvalue weighted by Crippen LogP contribution is -2.62. The molecule has 0 saturated carbocycles. The Morgan fingerprint density at radius 3 is 2.17 bits per heavy atom. The summed E-state index contributed by atoms with van der Waals surface area (Å²) >= 11 is 0. The third-order valence-corrected chi connectivity index (χ3v) is 3.59. The molecule has 0 aliphatic carbocycles. The van der Waals surface area contributed by atoms with Gasteiger partial charge in [-0.3, -0.25) is 9.69 Å². The number of likely N-dealkylation sites (tertiary alicyclic amines) is 1. The number of hydrogen-bond acceptors (Lipinski definition) is 4. The average molecular weight is 254 g/mol. The first kappa shape index (κ1) is 13.3. The van der Waals surface area contributed by atoms with E-state index in [2.05, 4.69) is 4.90 Å². The van der Waals surface area contributed by atoms with Crippen molar-refractivity contribution in [1.29, 1.82) is 0 Å². The summed E-state index contributed by atoms with van der Waals surface area (Å²) in [4.78, 5) is 27.6. The monoisotopic (exact) mass is 254 g/mol. The number of carbonyl (C=O) groups excluding carboxylic acids is 2. The molecule has 2 aliphatic heterocycles. The van der Waals surface area contributed by atoms with Crippen LogP contribution in [0, 0.1) is 0 Å². The average Bonchev–Trinajstić information content (AvgIpc) is 2.17. The zero-order chi connectivity index (χ0) is 13.5. The van der Waals surface area contributed by atoms with Crippen LogP contribution in [0.2, 0.25) is 0 Å². The Balaban J connectivity index is 2.02. The number of nitrogens with zero attached hydrogens (tertiary/aromatic N) is 2. The predicted octanol–water partition coefficient (Wildman–Crippen LogP) is 1.27. The molecule has 2 atom stereocenters. The van der Waals surface area contributed by atoms with Crippen molar-refractivity contribution in [3.8, 4) is 0 Å². The highest BCUT2D eigenvalue weighted by Gasteiger charge is 2.40. The van der Waals surface area contributed by atoms with Crippen LogP contribution in [0.4, 0.5) is 4.79 Å². The fourth-order valence-electron chi connectivity index (χ4n) is 2.64. The summed E-state index contributed by atoms with van der Waals surface area (Å²) < 4.78 is 5.39. The molecule has 2 bridgehead atoms. The summed E-state index contributed by atoms with van der Waals surface area (Å²) in [7, 11) is 2.04. The summed E-state index contributed by atoms with van der Waals surface area (Å²) in [5, 5.41) is 0. The van der Waals surface area contributed by atoms with E-state index in [4.69, 9.17) is 4.74 Å². The van der Waals surface area contributed by atoms with E-state index in [0.29, 0.717) is 31.7 Å². The van der Waals surface area contributed by atoms with Crippen molar-refractivity contribution in [2.75, 3.05) is 20.1 Å². The van der Waals surface area contributed by atoms with Gasteiger partial charge in [-0.25, -0.2) is 4.79 Å². The molecule has 2 fully saturated rings. The van der Waals surface area contributed by atoms with E-state index >= 15 is 0 Å². The second kappa shape index (κ2) is 4.53. The molecule has 2 heterocycles. The molecular weight excluding hydrogens is 232 g/mol. The quantitative estimate of drug-likeness (QED) is 0.653. The minimum absolute atomic E-state index is 0.150. The molecule has 102 valence electrons. The fraction of sp³-hybridized carbons (Fsp3) is 0.846. The van der Waals surface area contributed by atoms with Crippen LogP contribution in [0.3, 0.4) is 0 Å². The van der Waals surface area contributed by atoms with Gasteiger partial charge >= 0.3 is 6.09 Å². The molecule has 0 unspecified atom stereocenters. The Morgan fingerprint density at radius 2 is 1.72 bits per heavy atom. The van der Waals surface area contributed by atoms with Crippen molar-refractivity contribution < 1.29 is 14.3 Å². The van der Waals surface area contributed by atoms with Gasteiger partial charge in [-0.1, -0.05) is 0 Å². The minimum Gasteiger partial charge on any atom is -0.444 e. The molecule has 5 heteroatoms. The maximum Gasteiger partial charge on any atom is 0.410 e. The van der Waals surface area contributed by atoms with Crippen LogP contribution in [0.5, 0.6) is 0 Å². The van der Waals surface area contributed by atoms with Gasteiger partial charge in [0.05, 0.1) is 0 Å². The first-order valence-corrected chi connectivity index (χ1v) is 6.48. The zero-order valence-corrected chi connectivity index (χ0v) is 11.6. The molecule has 2 aliphatic rings. The van der Waals surface area contributed by atoms with E-state index < -0.39 is 5.60 Å². The number of piperidine rings is 1. The third kappa shape index (κ3) is 2.83. The lowest BCUT2D eigenvalue weighted by atomic mass is 9.91. The number of hydrogen-bond donors (Lipinski definition) is 0. The van der Waals surface area contributed by atoms with E-state index in [0.717, 1.165) is 0 Å². The number of piperazine rings is 1.